The molecule has 0 atom stereocenters. The maximum atomic E-state index is 12.4. The van der Waals surface area contributed by atoms with Crippen LogP contribution in [-0.2, 0) is 20.0 Å². The second kappa shape index (κ2) is 5.28. The molecule has 20 heavy (non-hydrogen) atoms. The number of anilines is 1. The monoisotopic (exact) mass is 290 g/mol. The summed E-state index contributed by atoms with van der Waals surface area (Å²) in [5.41, 5.74) is 4.42. The minimum absolute atomic E-state index is 0.0248. The number of fused-ring (bicyclic) bond motifs is 1. The lowest BCUT2D eigenvalue weighted by Gasteiger charge is -2.20. The fourth-order valence-corrected chi connectivity index (χ4v) is 3.32. The highest BCUT2D eigenvalue weighted by atomic mass is 32.1. The van der Waals surface area contributed by atoms with E-state index in [1.807, 2.05) is 40.5 Å². The third-order valence-electron chi connectivity index (χ3n) is 3.74. The van der Waals surface area contributed by atoms with Crippen molar-refractivity contribution in [2.45, 2.75) is 26.3 Å². The first-order valence-electron chi connectivity index (χ1n) is 6.73. The Balaban J connectivity index is 1.74. The van der Waals surface area contributed by atoms with Gasteiger partial charge in [-0.1, -0.05) is 0 Å². The molecule has 1 aliphatic rings. The van der Waals surface area contributed by atoms with Gasteiger partial charge >= 0.3 is 6.03 Å². The van der Waals surface area contributed by atoms with Gasteiger partial charge in [-0.05, 0) is 30.7 Å². The standard InChI is InChI=1S/C14H18N4OS/c1-10-8-20-9-12(10)16-14(19)18-5-3-4-13-11(7-18)6-15-17(13)2/h6,8-9H,3-5,7H2,1-2H3,(H,16,19). The normalized spacial score (nSPS) is 14.8. The quantitative estimate of drug-likeness (QED) is 0.878. The molecule has 0 aromatic carbocycles. The van der Waals surface area contributed by atoms with E-state index >= 15 is 0 Å². The molecule has 1 N–H and O–H groups in total. The van der Waals surface area contributed by atoms with Gasteiger partial charge in [0.1, 0.15) is 0 Å². The lowest BCUT2D eigenvalue weighted by molar-refractivity contribution is 0.210. The minimum Gasteiger partial charge on any atom is -0.320 e. The van der Waals surface area contributed by atoms with Crippen molar-refractivity contribution in [3.63, 3.8) is 0 Å². The average molecular weight is 290 g/mol. The molecule has 5 nitrogen and oxygen atoms in total. The third-order valence-corrected chi connectivity index (χ3v) is 4.60. The highest BCUT2D eigenvalue weighted by Gasteiger charge is 2.21. The zero-order chi connectivity index (χ0) is 14.1. The van der Waals surface area contributed by atoms with Gasteiger partial charge < -0.3 is 10.2 Å². The van der Waals surface area contributed by atoms with E-state index in [1.165, 1.54) is 5.69 Å². The van der Waals surface area contributed by atoms with E-state index in [9.17, 15) is 4.79 Å². The molecule has 0 radical (unpaired) electrons. The summed E-state index contributed by atoms with van der Waals surface area (Å²) in [6, 6.07) is -0.0248. The fourth-order valence-electron chi connectivity index (χ4n) is 2.54. The first-order chi connectivity index (χ1) is 9.65. The summed E-state index contributed by atoms with van der Waals surface area (Å²) in [4.78, 5) is 14.2. The first kappa shape index (κ1) is 13.2. The van der Waals surface area contributed by atoms with Crippen LogP contribution in [0.2, 0.25) is 0 Å². The van der Waals surface area contributed by atoms with E-state index < -0.39 is 0 Å². The number of nitrogens with zero attached hydrogens (tertiary/aromatic N) is 3. The molecule has 2 aromatic heterocycles. The summed E-state index contributed by atoms with van der Waals surface area (Å²) in [5.74, 6) is 0. The Bertz CT molecular complexity index is 631. The number of carbonyl (C=O) groups is 1. The van der Waals surface area contributed by atoms with Crippen molar-refractivity contribution in [3.05, 3.63) is 33.8 Å². The predicted molar refractivity (Wildman–Crippen MR) is 80.0 cm³/mol. The number of rotatable bonds is 1. The molecule has 0 unspecified atom stereocenters. The van der Waals surface area contributed by atoms with Crippen LogP contribution < -0.4 is 5.32 Å². The topological polar surface area (TPSA) is 50.2 Å². The number of thiophene rings is 1. The molecular weight excluding hydrogens is 272 g/mol. The summed E-state index contributed by atoms with van der Waals surface area (Å²) in [6.07, 6.45) is 3.83. The van der Waals surface area contributed by atoms with Gasteiger partial charge in [0.15, 0.2) is 0 Å². The van der Waals surface area contributed by atoms with Crippen LogP contribution in [0, 0.1) is 6.92 Å². The number of nitrogens with one attached hydrogen (secondary N) is 1. The van der Waals surface area contributed by atoms with E-state index in [4.69, 9.17) is 0 Å². The molecule has 0 saturated heterocycles. The van der Waals surface area contributed by atoms with E-state index in [1.54, 1.807) is 11.3 Å². The number of aryl methyl sites for hydroxylation is 2. The van der Waals surface area contributed by atoms with Crippen LogP contribution in [0.4, 0.5) is 10.5 Å². The maximum Gasteiger partial charge on any atom is 0.322 e. The summed E-state index contributed by atoms with van der Waals surface area (Å²) in [6.45, 7) is 3.43. The van der Waals surface area contributed by atoms with Gasteiger partial charge in [-0.2, -0.15) is 5.10 Å². The number of urea groups is 1. The number of hydrogen-bond donors (Lipinski definition) is 1. The van der Waals surface area contributed by atoms with E-state index in [2.05, 4.69) is 10.4 Å². The van der Waals surface area contributed by atoms with E-state index in [0.29, 0.717) is 6.54 Å². The SMILES string of the molecule is Cc1cscc1NC(=O)N1CCCc2c(cnn2C)C1. The van der Waals surface area contributed by atoms with E-state index in [-0.39, 0.29) is 6.03 Å². The van der Waals surface area contributed by atoms with Crippen LogP contribution in [0.5, 0.6) is 0 Å². The van der Waals surface area contributed by atoms with Gasteiger partial charge in [0.05, 0.1) is 18.4 Å². The molecule has 0 saturated carbocycles. The summed E-state index contributed by atoms with van der Waals surface area (Å²) in [7, 11) is 1.96. The van der Waals surface area contributed by atoms with Crippen molar-refractivity contribution in [1.82, 2.24) is 14.7 Å². The predicted octanol–water partition coefficient (Wildman–Crippen LogP) is 2.77. The lowest BCUT2D eigenvalue weighted by atomic mass is 10.2. The smallest absolute Gasteiger partial charge is 0.320 e. The van der Waals surface area contributed by atoms with Crippen molar-refractivity contribution in [3.8, 4) is 0 Å². The number of carbonyl (C=O) groups excluding carboxylic acids is 1. The molecule has 3 heterocycles. The number of hydrogen-bond acceptors (Lipinski definition) is 3. The van der Waals surface area contributed by atoms with Crippen LogP contribution in [0.1, 0.15) is 23.2 Å². The lowest BCUT2D eigenvalue weighted by Crippen LogP contribution is -2.34. The maximum absolute atomic E-state index is 12.4. The van der Waals surface area contributed by atoms with Gasteiger partial charge in [0.25, 0.3) is 0 Å². The van der Waals surface area contributed by atoms with Crippen LogP contribution >= 0.6 is 11.3 Å². The minimum atomic E-state index is -0.0248. The number of amides is 2. The van der Waals surface area contributed by atoms with Crippen molar-refractivity contribution in [2.24, 2.45) is 7.05 Å². The Morgan fingerprint density at radius 1 is 1.45 bits per heavy atom. The fraction of sp³-hybridized carbons (Fsp3) is 0.429. The molecule has 6 heteroatoms. The Kier molecular flexibility index (Phi) is 3.48. The zero-order valence-electron chi connectivity index (χ0n) is 11.7. The van der Waals surface area contributed by atoms with Crippen molar-refractivity contribution >= 4 is 23.1 Å². The first-order valence-corrected chi connectivity index (χ1v) is 7.68. The van der Waals surface area contributed by atoms with Gasteiger partial charge in [-0.15, -0.1) is 11.3 Å². The Morgan fingerprint density at radius 2 is 2.30 bits per heavy atom. The van der Waals surface area contributed by atoms with Crippen LogP contribution in [-0.4, -0.2) is 27.3 Å². The van der Waals surface area contributed by atoms with Crippen molar-refractivity contribution in [1.29, 1.82) is 0 Å². The second-order valence-corrected chi connectivity index (χ2v) is 5.91. The Hall–Kier alpha value is -1.82. The Labute approximate surface area is 122 Å². The molecule has 1 aliphatic heterocycles. The van der Waals surface area contributed by atoms with Crippen LogP contribution in [0.25, 0.3) is 0 Å². The molecule has 3 rings (SSSR count). The van der Waals surface area contributed by atoms with Crippen LogP contribution in [0.3, 0.4) is 0 Å². The molecule has 0 bridgehead atoms. The summed E-state index contributed by atoms with van der Waals surface area (Å²) >= 11 is 1.60. The summed E-state index contributed by atoms with van der Waals surface area (Å²) < 4.78 is 1.92. The molecule has 2 amide bonds. The number of aromatic nitrogens is 2. The molecule has 0 fully saturated rings. The highest BCUT2D eigenvalue weighted by molar-refractivity contribution is 7.08. The van der Waals surface area contributed by atoms with Crippen molar-refractivity contribution < 1.29 is 4.79 Å². The molecule has 0 aliphatic carbocycles. The van der Waals surface area contributed by atoms with Crippen LogP contribution in [0.15, 0.2) is 17.0 Å². The largest absolute Gasteiger partial charge is 0.322 e. The molecule has 0 spiro atoms. The molecule has 106 valence electrons. The van der Waals surface area contributed by atoms with Crippen molar-refractivity contribution in [2.75, 3.05) is 11.9 Å². The second-order valence-electron chi connectivity index (χ2n) is 5.16. The molecular formula is C14H18N4OS. The van der Waals surface area contributed by atoms with E-state index in [0.717, 1.165) is 36.2 Å². The Morgan fingerprint density at radius 3 is 3.05 bits per heavy atom. The van der Waals surface area contributed by atoms with Gasteiger partial charge in [0, 0.05) is 30.2 Å². The van der Waals surface area contributed by atoms with Gasteiger partial charge in [-0.25, -0.2) is 4.79 Å². The van der Waals surface area contributed by atoms with Gasteiger partial charge in [0.2, 0.25) is 0 Å². The zero-order valence-corrected chi connectivity index (χ0v) is 12.5. The summed E-state index contributed by atoms with van der Waals surface area (Å²) in [5, 5.41) is 11.3. The highest BCUT2D eigenvalue weighted by Crippen LogP contribution is 2.22. The molecule has 2 aromatic rings. The average Bonchev–Trinajstić information content (AvgIpc) is 2.89. The third kappa shape index (κ3) is 2.43. The van der Waals surface area contributed by atoms with Gasteiger partial charge in [-0.3, -0.25) is 4.68 Å².